The van der Waals surface area contributed by atoms with Gasteiger partial charge in [-0.05, 0) is 11.4 Å². The van der Waals surface area contributed by atoms with Crippen LogP contribution in [0, 0.1) is 0 Å². The molecule has 0 fully saturated rings. The predicted molar refractivity (Wildman–Crippen MR) is 97.2 cm³/mol. The number of esters is 1. The first-order chi connectivity index (χ1) is 12.5. The van der Waals surface area contributed by atoms with Crippen LogP contribution in [0.25, 0.3) is 0 Å². The molecule has 1 aromatic carbocycles. The van der Waals surface area contributed by atoms with Gasteiger partial charge in [-0.1, -0.05) is 6.07 Å². The van der Waals surface area contributed by atoms with Gasteiger partial charge in [0.05, 0.1) is 27.9 Å². The van der Waals surface area contributed by atoms with E-state index < -0.39 is 5.97 Å². The van der Waals surface area contributed by atoms with Crippen molar-refractivity contribution in [1.29, 1.82) is 0 Å². The van der Waals surface area contributed by atoms with E-state index in [1.807, 2.05) is 17.5 Å². The van der Waals surface area contributed by atoms with E-state index in [0.29, 0.717) is 18.0 Å². The molecule has 8 heteroatoms. The zero-order valence-electron chi connectivity index (χ0n) is 15.1. The molecule has 26 heavy (non-hydrogen) atoms. The zero-order valence-corrected chi connectivity index (χ0v) is 15.9. The quantitative estimate of drug-likeness (QED) is 0.657. The number of likely N-dealkylation sites (N-methyl/N-ethyl adjacent to an activating group) is 1. The maximum absolute atomic E-state index is 12.4. The SMILES string of the molecule is COc1cc(OC)c(C(=O)OCC(=O)N(C)Cc2cccs2)cc1OC. The summed E-state index contributed by atoms with van der Waals surface area (Å²) in [6.45, 7) is 0.103. The van der Waals surface area contributed by atoms with Gasteiger partial charge < -0.3 is 23.8 Å². The van der Waals surface area contributed by atoms with Crippen LogP contribution in [0.2, 0.25) is 0 Å². The Balaban J connectivity index is 2.03. The fourth-order valence-corrected chi connectivity index (χ4v) is 2.99. The summed E-state index contributed by atoms with van der Waals surface area (Å²) in [4.78, 5) is 27.1. The zero-order chi connectivity index (χ0) is 19.1. The van der Waals surface area contributed by atoms with Crippen LogP contribution in [0.15, 0.2) is 29.6 Å². The lowest BCUT2D eigenvalue weighted by molar-refractivity contribution is -0.133. The second-order valence-electron chi connectivity index (χ2n) is 5.31. The minimum Gasteiger partial charge on any atom is -0.496 e. The first kappa shape index (κ1) is 19.6. The second kappa shape index (κ2) is 9.10. The normalized spacial score (nSPS) is 10.2. The number of nitrogens with zero attached hydrogens (tertiary/aromatic N) is 1. The maximum atomic E-state index is 12.4. The average Bonchev–Trinajstić information content (AvgIpc) is 3.17. The molecule has 0 N–H and O–H groups in total. The Bertz CT molecular complexity index is 759. The fraction of sp³-hybridized carbons (Fsp3) is 0.333. The summed E-state index contributed by atoms with van der Waals surface area (Å²) in [5.41, 5.74) is 0.152. The Kier molecular flexibility index (Phi) is 6.85. The Morgan fingerprint density at radius 3 is 2.27 bits per heavy atom. The number of benzene rings is 1. The molecule has 0 radical (unpaired) electrons. The lowest BCUT2D eigenvalue weighted by Gasteiger charge is -2.17. The monoisotopic (exact) mass is 379 g/mol. The van der Waals surface area contributed by atoms with Crippen molar-refractivity contribution in [3.05, 3.63) is 40.1 Å². The number of carbonyl (C=O) groups is 2. The summed E-state index contributed by atoms with van der Waals surface area (Å²) in [6.07, 6.45) is 0. The van der Waals surface area contributed by atoms with E-state index >= 15 is 0 Å². The topological polar surface area (TPSA) is 74.3 Å². The molecule has 140 valence electrons. The van der Waals surface area contributed by atoms with E-state index in [2.05, 4.69) is 0 Å². The lowest BCUT2D eigenvalue weighted by atomic mass is 10.1. The number of rotatable bonds is 8. The van der Waals surface area contributed by atoms with E-state index in [4.69, 9.17) is 18.9 Å². The van der Waals surface area contributed by atoms with Crippen molar-refractivity contribution in [2.45, 2.75) is 6.54 Å². The Morgan fingerprint density at radius 2 is 1.69 bits per heavy atom. The predicted octanol–water partition coefficient (Wildman–Crippen LogP) is 2.59. The van der Waals surface area contributed by atoms with Gasteiger partial charge in [-0.15, -0.1) is 11.3 Å². The van der Waals surface area contributed by atoms with Gasteiger partial charge in [0.2, 0.25) is 0 Å². The molecular weight excluding hydrogens is 358 g/mol. The van der Waals surface area contributed by atoms with Crippen molar-refractivity contribution >= 4 is 23.2 Å². The van der Waals surface area contributed by atoms with Crippen LogP contribution in [0.3, 0.4) is 0 Å². The van der Waals surface area contributed by atoms with Crippen LogP contribution in [0.4, 0.5) is 0 Å². The highest BCUT2D eigenvalue weighted by atomic mass is 32.1. The van der Waals surface area contributed by atoms with E-state index in [0.717, 1.165) is 4.88 Å². The first-order valence-corrected chi connectivity index (χ1v) is 8.61. The van der Waals surface area contributed by atoms with Crippen molar-refractivity contribution in [3.8, 4) is 17.2 Å². The lowest BCUT2D eigenvalue weighted by Crippen LogP contribution is -2.30. The van der Waals surface area contributed by atoms with Gasteiger partial charge >= 0.3 is 5.97 Å². The standard InChI is InChI=1S/C18H21NO6S/c1-19(10-12-6-5-7-26-12)17(20)11-25-18(21)13-8-15(23-3)16(24-4)9-14(13)22-2/h5-9H,10-11H2,1-4H3. The third-order valence-corrected chi connectivity index (χ3v) is 4.51. The molecule has 0 aliphatic carbocycles. The minimum atomic E-state index is -0.680. The van der Waals surface area contributed by atoms with Crippen molar-refractivity contribution in [3.63, 3.8) is 0 Å². The summed E-state index contributed by atoms with van der Waals surface area (Å²) in [7, 11) is 6.03. The molecule has 1 heterocycles. The summed E-state index contributed by atoms with van der Waals surface area (Å²) in [5, 5.41) is 1.94. The Hall–Kier alpha value is -2.74. The molecule has 0 unspecified atom stereocenters. The van der Waals surface area contributed by atoms with E-state index in [-0.39, 0.29) is 23.8 Å². The van der Waals surface area contributed by atoms with E-state index in [1.54, 1.807) is 18.4 Å². The third-order valence-electron chi connectivity index (χ3n) is 3.65. The van der Waals surface area contributed by atoms with Gasteiger partial charge in [0, 0.05) is 24.1 Å². The molecule has 1 amide bonds. The molecule has 7 nitrogen and oxygen atoms in total. The molecule has 0 saturated carbocycles. The van der Waals surface area contributed by atoms with Gasteiger partial charge in [0.15, 0.2) is 18.1 Å². The van der Waals surface area contributed by atoms with Crippen LogP contribution in [0.5, 0.6) is 17.2 Å². The number of methoxy groups -OCH3 is 3. The molecule has 0 bridgehead atoms. The van der Waals surface area contributed by atoms with Gasteiger partial charge in [0.1, 0.15) is 11.3 Å². The summed E-state index contributed by atoms with van der Waals surface area (Å²) in [5.74, 6) is 0.0768. The largest absolute Gasteiger partial charge is 0.496 e. The Labute approximate surface area is 156 Å². The highest BCUT2D eigenvalue weighted by Gasteiger charge is 2.20. The van der Waals surface area contributed by atoms with Gasteiger partial charge in [0.25, 0.3) is 5.91 Å². The first-order valence-electron chi connectivity index (χ1n) is 7.73. The van der Waals surface area contributed by atoms with E-state index in [9.17, 15) is 9.59 Å². The molecule has 0 aliphatic heterocycles. The highest BCUT2D eigenvalue weighted by molar-refractivity contribution is 7.09. The summed E-state index contributed by atoms with van der Waals surface area (Å²) < 4.78 is 20.7. The number of carbonyl (C=O) groups excluding carboxylic acids is 2. The van der Waals surface area contributed by atoms with E-state index in [1.165, 1.54) is 38.4 Å². The van der Waals surface area contributed by atoms with Crippen molar-refractivity contribution in [2.24, 2.45) is 0 Å². The molecular formula is C18H21NO6S. The summed E-state index contributed by atoms with van der Waals surface area (Å²) >= 11 is 1.56. The average molecular weight is 379 g/mol. The van der Waals surface area contributed by atoms with Crippen molar-refractivity contribution < 1.29 is 28.5 Å². The molecule has 1 aromatic heterocycles. The maximum Gasteiger partial charge on any atom is 0.342 e. The fourth-order valence-electron chi connectivity index (χ4n) is 2.23. The number of ether oxygens (including phenoxy) is 4. The third kappa shape index (κ3) is 4.66. The number of hydrogen-bond acceptors (Lipinski definition) is 7. The smallest absolute Gasteiger partial charge is 0.342 e. The van der Waals surface area contributed by atoms with Gasteiger partial charge in [-0.25, -0.2) is 4.79 Å². The number of hydrogen-bond donors (Lipinski definition) is 0. The van der Waals surface area contributed by atoms with Crippen molar-refractivity contribution in [1.82, 2.24) is 4.90 Å². The van der Waals surface area contributed by atoms with Crippen LogP contribution in [0.1, 0.15) is 15.2 Å². The van der Waals surface area contributed by atoms with Gasteiger partial charge in [-0.2, -0.15) is 0 Å². The highest BCUT2D eigenvalue weighted by Crippen LogP contribution is 2.34. The Morgan fingerprint density at radius 1 is 1.04 bits per heavy atom. The van der Waals surface area contributed by atoms with Crippen LogP contribution < -0.4 is 14.2 Å². The molecule has 2 aromatic rings. The molecule has 2 rings (SSSR count). The van der Waals surface area contributed by atoms with Crippen LogP contribution in [-0.4, -0.2) is 51.8 Å². The van der Waals surface area contributed by atoms with Crippen molar-refractivity contribution in [2.75, 3.05) is 35.0 Å². The van der Waals surface area contributed by atoms with Gasteiger partial charge in [-0.3, -0.25) is 4.79 Å². The molecule has 0 spiro atoms. The number of amides is 1. The van der Waals surface area contributed by atoms with Crippen LogP contribution >= 0.6 is 11.3 Å². The van der Waals surface area contributed by atoms with Crippen LogP contribution in [-0.2, 0) is 16.1 Å². The summed E-state index contributed by atoms with van der Waals surface area (Å²) in [6, 6.07) is 6.84. The molecule has 0 saturated heterocycles. The minimum absolute atomic E-state index is 0.152. The molecule has 0 atom stereocenters. The second-order valence-corrected chi connectivity index (χ2v) is 6.35. The number of thiophene rings is 1. The molecule has 0 aliphatic rings.